The van der Waals surface area contributed by atoms with Crippen LogP contribution in [0.5, 0.6) is 0 Å². The van der Waals surface area contributed by atoms with E-state index in [9.17, 15) is 0 Å². The Kier molecular flexibility index (Phi) is 10.6. The van der Waals surface area contributed by atoms with Crippen LogP contribution in [0.1, 0.15) is 26.3 Å². The molecule has 0 aliphatic carbocycles. The molecule has 5 heteroatoms. The van der Waals surface area contributed by atoms with Crippen molar-refractivity contribution in [3.05, 3.63) is 35.9 Å². The van der Waals surface area contributed by atoms with Gasteiger partial charge in [0.15, 0.2) is 5.98 Å². The highest BCUT2D eigenvalue weighted by atomic mass is 36.0. The van der Waals surface area contributed by atoms with E-state index in [4.69, 9.17) is 33.7 Å². The van der Waals surface area contributed by atoms with Crippen LogP contribution in [0.25, 0.3) is 0 Å². The van der Waals surface area contributed by atoms with Gasteiger partial charge in [0.25, 0.3) is 0 Å². The molecular weight excluding hydrogens is 307 g/mol. The topological polar surface area (TPSA) is 0 Å². The van der Waals surface area contributed by atoms with Crippen molar-refractivity contribution in [2.24, 2.45) is 0 Å². The smallest absolute Gasteiger partial charge is 0.179 e. The molecule has 0 saturated carbocycles. The summed E-state index contributed by atoms with van der Waals surface area (Å²) < 4.78 is 1.20. The minimum absolute atomic E-state index is 1.17. The summed E-state index contributed by atoms with van der Waals surface area (Å²) >= 11 is 14.6. The monoisotopic (exact) mass is 328 g/mol. The van der Waals surface area contributed by atoms with Crippen molar-refractivity contribution in [3.8, 4) is 0 Å². The fraction of sp³-hybridized carbons (Fsp3) is 0.538. The first kappa shape index (κ1) is 18.5. The molecule has 0 atom stereocenters. The average Bonchev–Trinajstić information content (AvgIpc) is 2.37. The van der Waals surface area contributed by atoms with Crippen LogP contribution in [-0.2, 0) is 6.54 Å². The number of benzene rings is 1. The van der Waals surface area contributed by atoms with Crippen LogP contribution >= 0.6 is 39.7 Å². The van der Waals surface area contributed by atoms with E-state index in [-0.39, 0.29) is 0 Å². The Morgan fingerprint density at radius 2 is 1.28 bits per heavy atom. The fourth-order valence-electron chi connectivity index (χ4n) is 1.98. The average molecular weight is 330 g/mol. The summed E-state index contributed by atoms with van der Waals surface area (Å²) in [4.78, 5) is 0. The van der Waals surface area contributed by atoms with E-state index >= 15 is 0 Å². The molecule has 0 saturated heterocycles. The number of rotatable bonds is 5. The van der Waals surface area contributed by atoms with E-state index in [2.05, 4.69) is 51.1 Å². The molecule has 0 aliphatic rings. The third kappa shape index (κ3) is 7.81. The van der Waals surface area contributed by atoms with Gasteiger partial charge in [0.2, 0.25) is 0 Å². The van der Waals surface area contributed by atoms with Gasteiger partial charge in [-0.1, -0.05) is 64.1 Å². The molecule has 0 amide bonds. The molecule has 0 aromatic heterocycles. The fourth-order valence-corrected chi connectivity index (χ4v) is 1.98. The normalized spacial score (nSPS) is 11.1. The molecule has 104 valence electrons. The van der Waals surface area contributed by atoms with Crippen LogP contribution in [0.3, 0.4) is 0 Å². The highest BCUT2D eigenvalue weighted by molar-refractivity contribution is 8.20. The van der Waals surface area contributed by atoms with Crippen molar-refractivity contribution in [1.29, 1.82) is 0 Å². The summed E-state index contributed by atoms with van der Waals surface area (Å²) in [5.41, 5.74) is 1.46. The molecule has 18 heavy (non-hydrogen) atoms. The number of quaternary nitrogens is 1. The van der Waals surface area contributed by atoms with Crippen LogP contribution in [0.4, 0.5) is 0 Å². The summed E-state index contributed by atoms with van der Waals surface area (Å²) in [6.45, 7) is 11.7. The van der Waals surface area contributed by atoms with Crippen molar-refractivity contribution in [2.75, 3.05) is 19.6 Å². The van der Waals surface area contributed by atoms with E-state index in [0.29, 0.717) is 0 Å². The summed E-state index contributed by atoms with van der Waals surface area (Å²) in [5.74, 6) is -1.20. The Labute approximate surface area is 127 Å². The highest BCUT2D eigenvalue weighted by Crippen LogP contribution is 2.51. The lowest BCUT2D eigenvalue weighted by molar-refractivity contribution is -0.936. The Morgan fingerprint density at radius 1 is 0.889 bits per heavy atom. The van der Waals surface area contributed by atoms with Gasteiger partial charge in [-0.25, -0.2) is 0 Å². The Morgan fingerprint density at radius 3 is 1.61 bits per heavy atom. The van der Waals surface area contributed by atoms with E-state index in [1.807, 2.05) is 0 Å². The van der Waals surface area contributed by atoms with Crippen molar-refractivity contribution >= 4 is 39.7 Å². The Bertz CT molecular complexity index is 291. The Hall–Kier alpha value is 0.480. The van der Waals surface area contributed by atoms with Crippen molar-refractivity contribution in [1.82, 2.24) is 0 Å². The maximum Gasteiger partial charge on any atom is 0.179 e. The van der Waals surface area contributed by atoms with Gasteiger partial charge in [0.1, 0.15) is 6.54 Å². The molecule has 0 fully saturated rings. The second-order valence-electron chi connectivity index (χ2n) is 4.13. The quantitative estimate of drug-likeness (QED) is 0.459. The molecule has 1 aromatic rings. The van der Waals surface area contributed by atoms with Gasteiger partial charge in [0, 0.05) is 5.56 Å². The van der Waals surface area contributed by atoms with Crippen LogP contribution in [0.15, 0.2) is 30.3 Å². The summed E-state index contributed by atoms with van der Waals surface area (Å²) in [7, 11) is 0. The summed E-state index contributed by atoms with van der Waals surface area (Å²) in [6, 6.07) is 10.8. The van der Waals surface area contributed by atoms with Crippen molar-refractivity contribution in [3.63, 3.8) is 0 Å². The van der Waals surface area contributed by atoms with Crippen LogP contribution in [-0.4, -0.2) is 24.1 Å². The van der Waals surface area contributed by atoms with Gasteiger partial charge in [0.05, 0.1) is 19.6 Å². The van der Waals surface area contributed by atoms with Crippen molar-refractivity contribution < 1.29 is 4.48 Å². The number of nitrogens with zero attached hydrogens (tertiary/aromatic N) is 1. The number of hydrogen-bond donors (Lipinski definition) is 0. The van der Waals surface area contributed by atoms with Gasteiger partial charge in [-0.05, 0) is 20.8 Å². The second kappa shape index (κ2) is 10.3. The summed E-state index contributed by atoms with van der Waals surface area (Å²) in [5, 5.41) is 0. The SMILES string of the molecule is CC[N+](CC)(CC)Cc1ccccc1.ClP(Cl)Cl. The lowest BCUT2D eigenvalue weighted by Crippen LogP contribution is -2.46. The zero-order valence-corrected chi connectivity index (χ0v) is 14.4. The zero-order chi connectivity index (χ0) is 14.0. The zero-order valence-electron chi connectivity index (χ0n) is 11.2. The maximum atomic E-state index is 4.87. The predicted octanol–water partition coefficient (Wildman–Crippen LogP) is 5.99. The van der Waals surface area contributed by atoms with Gasteiger partial charge < -0.3 is 4.48 Å². The molecule has 0 bridgehead atoms. The molecular formula is C13H22Cl3NP+. The van der Waals surface area contributed by atoms with E-state index in [1.165, 1.54) is 36.2 Å². The lowest BCUT2D eigenvalue weighted by Gasteiger charge is -2.35. The summed E-state index contributed by atoms with van der Waals surface area (Å²) in [6.07, 6.45) is 0. The molecule has 0 aliphatic heterocycles. The third-order valence-corrected chi connectivity index (χ3v) is 3.37. The molecule has 0 N–H and O–H groups in total. The highest BCUT2D eigenvalue weighted by Gasteiger charge is 2.20. The van der Waals surface area contributed by atoms with E-state index in [0.717, 1.165) is 0 Å². The molecule has 1 rings (SSSR count). The molecule has 0 spiro atoms. The largest absolute Gasteiger partial charge is 0.321 e. The molecule has 1 nitrogen and oxygen atoms in total. The lowest BCUT2D eigenvalue weighted by atomic mass is 10.2. The van der Waals surface area contributed by atoms with E-state index in [1.54, 1.807) is 0 Å². The minimum Gasteiger partial charge on any atom is -0.321 e. The first-order valence-corrected chi connectivity index (χ1v) is 10.2. The standard InChI is InChI=1S/C13H22N.Cl3P/c1-4-14(5-2,6-3)12-13-10-8-7-9-11-13;1-4(2)3/h7-11H,4-6,12H2,1-3H3;/q+1;. The Balaban J connectivity index is 0.000000631. The second-order valence-corrected chi connectivity index (χ2v) is 9.11. The molecule has 1 aromatic carbocycles. The molecule has 0 unspecified atom stereocenters. The van der Waals surface area contributed by atoms with Gasteiger partial charge >= 0.3 is 0 Å². The maximum absolute atomic E-state index is 4.87. The first-order valence-electron chi connectivity index (χ1n) is 6.16. The minimum atomic E-state index is -1.20. The van der Waals surface area contributed by atoms with Gasteiger partial charge in [-0.15, -0.1) is 0 Å². The number of hydrogen-bond acceptors (Lipinski definition) is 0. The number of halogens is 3. The van der Waals surface area contributed by atoms with Crippen LogP contribution in [0.2, 0.25) is 0 Å². The predicted molar refractivity (Wildman–Crippen MR) is 86.5 cm³/mol. The van der Waals surface area contributed by atoms with Crippen LogP contribution in [0, 0.1) is 0 Å². The van der Waals surface area contributed by atoms with Gasteiger partial charge in [-0.2, -0.15) is 0 Å². The van der Waals surface area contributed by atoms with Crippen LogP contribution < -0.4 is 0 Å². The van der Waals surface area contributed by atoms with Crippen molar-refractivity contribution in [2.45, 2.75) is 27.3 Å². The van der Waals surface area contributed by atoms with Gasteiger partial charge in [-0.3, -0.25) is 0 Å². The molecule has 0 heterocycles. The third-order valence-electron chi connectivity index (χ3n) is 3.37. The first-order chi connectivity index (χ1) is 8.49. The van der Waals surface area contributed by atoms with E-state index < -0.39 is 5.98 Å². The molecule has 0 radical (unpaired) electrons.